The van der Waals surface area contributed by atoms with Crippen molar-refractivity contribution in [1.29, 1.82) is 0 Å². The molecule has 1 aliphatic carbocycles. The zero-order chi connectivity index (χ0) is 27.3. The number of oxime groups is 1. The molecule has 1 aliphatic heterocycles. The molecule has 12 heteroatoms. The summed E-state index contributed by atoms with van der Waals surface area (Å²) in [6, 6.07) is 9.00. The highest BCUT2D eigenvalue weighted by Crippen LogP contribution is 2.61. The van der Waals surface area contributed by atoms with Gasteiger partial charge in [-0.05, 0) is 68.4 Å². The van der Waals surface area contributed by atoms with E-state index >= 15 is 0 Å². The molecule has 0 spiro atoms. The van der Waals surface area contributed by atoms with Crippen molar-refractivity contribution in [3.05, 3.63) is 60.1 Å². The summed E-state index contributed by atoms with van der Waals surface area (Å²) in [5.74, 6) is 1.14. The lowest BCUT2D eigenvalue weighted by Crippen LogP contribution is -2.40. The molecule has 1 aromatic carbocycles. The van der Waals surface area contributed by atoms with Crippen LogP contribution in [0.2, 0.25) is 0 Å². The largest absolute Gasteiger partial charge is 0.494 e. The van der Waals surface area contributed by atoms with Crippen molar-refractivity contribution in [3.63, 3.8) is 0 Å². The number of aryl methyl sites for hydroxylation is 1. The number of carbonyl (C=O) groups is 2. The summed E-state index contributed by atoms with van der Waals surface area (Å²) in [6.45, 7) is 5.25. The highest BCUT2D eigenvalue weighted by atomic mass is 32.3. The Labute approximate surface area is 223 Å². The number of hydrogen-bond acceptors (Lipinski definition) is 9. The van der Waals surface area contributed by atoms with Crippen molar-refractivity contribution >= 4 is 38.2 Å². The third kappa shape index (κ3) is 5.35. The third-order valence-electron chi connectivity index (χ3n) is 6.54. The Morgan fingerprint density at radius 2 is 1.95 bits per heavy atom. The summed E-state index contributed by atoms with van der Waals surface area (Å²) in [4.78, 5) is 34.0. The van der Waals surface area contributed by atoms with Gasteiger partial charge < -0.3 is 29.8 Å². The zero-order valence-corrected chi connectivity index (χ0v) is 22.3. The molecule has 0 saturated heterocycles. The Hall–Kier alpha value is -3.93. The molecule has 204 valence electrons. The number of benzene rings is 1. The minimum atomic E-state index is -3.47. The number of fused-ring (bicyclic) bond motifs is 1. The van der Waals surface area contributed by atoms with Crippen molar-refractivity contribution in [3.8, 4) is 5.75 Å². The van der Waals surface area contributed by atoms with Crippen LogP contribution in [0.1, 0.15) is 44.2 Å². The molecule has 11 nitrogen and oxygen atoms in total. The van der Waals surface area contributed by atoms with Crippen molar-refractivity contribution in [2.24, 2.45) is 11.1 Å². The average Bonchev–Trinajstić information content (AvgIpc) is 3.48. The number of nitrogens with two attached hydrogens (primary N) is 1. The molecule has 1 aromatic heterocycles. The van der Waals surface area contributed by atoms with E-state index in [1.165, 1.54) is 38.8 Å². The highest BCUT2D eigenvalue weighted by molar-refractivity contribution is 8.54. The van der Waals surface area contributed by atoms with Crippen LogP contribution in [0, 0.1) is 5.92 Å². The number of pyridine rings is 1. The minimum absolute atomic E-state index is 0.174. The van der Waals surface area contributed by atoms with E-state index in [1.807, 2.05) is 32.0 Å². The van der Waals surface area contributed by atoms with Crippen molar-refractivity contribution in [2.45, 2.75) is 39.5 Å². The zero-order valence-electron chi connectivity index (χ0n) is 21.4. The molecule has 0 amide bonds. The number of aromatic nitrogens is 1. The Bertz CT molecular complexity index is 1240. The van der Waals surface area contributed by atoms with Crippen LogP contribution in [0.15, 0.2) is 54.1 Å². The summed E-state index contributed by atoms with van der Waals surface area (Å²) < 4.78 is 8.69. The van der Waals surface area contributed by atoms with Gasteiger partial charge in [-0.15, -0.1) is 0 Å². The Kier molecular flexibility index (Phi) is 8.30. The standard InChI is InChI=1S/C26H33N5O6S/c1-3-37-29-23-7-4-19-16-21(5-6-22(19)23)36-15-10-18(2)9-12-30-13-14-31(20-8-11-28-24(27)17-20)38(30,25(32)33)26(34)35/h5-6,8,11,13-14,16-18H,3-4,7,9-10,12,15H2,1-2H3,(H2,27,28)(H,32,33)(H,34,35)/b29-23+/t18-/m1/s1. The second kappa shape index (κ2) is 11.6. The quantitative estimate of drug-likeness (QED) is 0.331. The topological polar surface area (TPSA) is 151 Å². The number of carboxylic acid groups (broad SMARTS) is 2. The van der Waals surface area contributed by atoms with Crippen LogP contribution in [0.5, 0.6) is 5.75 Å². The number of nitrogen functional groups attached to an aromatic ring is 1. The van der Waals surface area contributed by atoms with Gasteiger partial charge in [-0.1, -0.05) is 12.1 Å². The van der Waals surface area contributed by atoms with E-state index in [0.29, 0.717) is 25.3 Å². The van der Waals surface area contributed by atoms with Gasteiger partial charge in [-0.25, -0.2) is 14.6 Å². The normalized spacial score (nSPS) is 18.3. The third-order valence-corrected chi connectivity index (χ3v) is 9.40. The monoisotopic (exact) mass is 543 g/mol. The van der Waals surface area contributed by atoms with Crippen LogP contribution < -0.4 is 14.8 Å². The maximum atomic E-state index is 12.4. The molecule has 0 bridgehead atoms. The van der Waals surface area contributed by atoms with E-state index in [1.54, 1.807) is 6.07 Å². The molecule has 0 saturated carbocycles. The molecule has 2 aromatic rings. The SMILES string of the molecule is CCO/N=C1\CCc2cc(OCC[C@H](C)CCN3C=CN(c4ccnc(N)c4)S3(C(=O)O)C(=O)O)ccc21. The first-order valence-electron chi connectivity index (χ1n) is 12.5. The van der Waals surface area contributed by atoms with Gasteiger partial charge in [0.2, 0.25) is 0 Å². The van der Waals surface area contributed by atoms with Gasteiger partial charge in [0.05, 0.1) is 18.0 Å². The Balaban J connectivity index is 1.34. The van der Waals surface area contributed by atoms with Crippen molar-refractivity contribution < 1.29 is 29.4 Å². The lowest BCUT2D eigenvalue weighted by Gasteiger charge is -2.42. The average molecular weight is 544 g/mol. The van der Waals surface area contributed by atoms with Crippen molar-refractivity contribution in [1.82, 2.24) is 9.29 Å². The number of anilines is 2. The van der Waals surface area contributed by atoms with Gasteiger partial charge >= 0.3 is 10.6 Å². The molecule has 2 aliphatic rings. The fourth-order valence-corrected chi connectivity index (χ4v) is 6.89. The Morgan fingerprint density at radius 3 is 2.66 bits per heavy atom. The van der Waals surface area contributed by atoms with Gasteiger partial charge in [0.25, 0.3) is 0 Å². The first-order valence-corrected chi connectivity index (χ1v) is 14.0. The summed E-state index contributed by atoms with van der Waals surface area (Å²) in [6.07, 6.45) is 7.52. The van der Waals surface area contributed by atoms with E-state index in [-0.39, 0.29) is 18.3 Å². The van der Waals surface area contributed by atoms with Crippen LogP contribution in [0.4, 0.5) is 21.1 Å². The van der Waals surface area contributed by atoms with Gasteiger partial charge in [-0.2, -0.15) is 0 Å². The maximum Gasteiger partial charge on any atom is 0.393 e. The molecule has 4 N–H and O–H groups in total. The fraction of sp³-hybridized carbons (Fsp3) is 0.385. The number of hydrogen-bond donors (Lipinski definition) is 3. The van der Waals surface area contributed by atoms with E-state index in [9.17, 15) is 19.8 Å². The predicted molar refractivity (Wildman–Crippen MR) is 147 cm³/mol. The summed E-state index contributed by atoms with van der Waals surface area (Å²) in [5.41, 5.74) is 9.38. The van der Waals surface area contributed by atoms with Gasteiger partial charge in [0.1, 0.15) is 28.6 Å². The van der Waals surface area contributed by atoms with Crippen LogP contribution >= 0.6 is 10.4 Å². The van der Waals surface area contributed by atoms with E-state index < -0.39 is 21.0 Å². The van der Waals surface area contributed by atoms with Gasteiger partial charge in [0.15, 0.2) is 0 Å². The number of nitrogens with zero attached hydrogens (tertiary/aromatic N) is 4. The molecular formula is C26H33N5O6S. The maximum absolute atomic E-state index is 12.4. The van der Waals surface area contributed by atoms with Crippen LogP contribution in [-0.2, 0) is 11.3 Å². The predicted octanol–water partition coefficient (Wildman–Crippen LogP) is 5.43. The fourth-order valence-electron chi connectivity index (χ4n) is 4.53. The molecule has 2 heterocycles. The Morgan fingerprint density at radius 1 is 1.16 bits per heavy atom. The smallest absolute Gasteiger partial charge is 0.393 e. The molecule has 0 fully saturated rings. The molecule has 4 rings (SSSR count). The van der Waals surface area contributed by atoms with E-state index in [2.05, 4.69) is 10.1 Å². The first-order chi connectivity index (χ1) is 18.3. The van der Waals surface area contributed by atoms with Gasteiger partial charge in [0, 0.05) is 36.8 Å². The molecule has 0 unspecified atom stereocenters. The van der Waals surface area contributed by atoms with Gasteiger partial charge in [-0.3, -0.25) is 4.31 Å². The van der Waals surface area contributed by atoms with Crippen molar-refractivity contribution in [2.75, 3.05) is 29.8 Å². The molecular weight excluding hydrogens is 510 g/mol. The summed E-state index contributed by atoms with van der Waals surface area (Å²) in [5, 5.41) is 21.6. The number of ether oxygens (including phenoxy) is 1. The minimum Gasteiger partial charge on any atom is -0.494 e. The molecule has 1 atom stereocenters. The molecule has 0 radical (unpaired) electrons. The van der Waals surface area contributed by atoms with E-state index in [4.69, 9.17) is 15.3 Å². The highest BCUT2D eigenvalue weighted by Gasteiger charge is 2.53. The second-order valence-electron chi connectivity index (χ2n) is 9.09. The van der Waals surface area contributed by atoms with Crippen LogP contribution in [0.3, 0.4) is 0 Å². The van der Waals surface area contributed by atoms with Crippen LogP contribution in [-0.4, -0.2) is 55.6 Å². The lowest BCUT2D eigenvalue weighted by atomic mass is 10.0. The summed E-state index contributed by atoms with van der Waals surface area (Å²) in [7, 11) is -3.47. The second-order valence-corrected chi connectivity index (χ2v) is 11.7. The first kappa shape index (κ1) is 27.1. The molecule has 38 heavy (non-hydrogen) atoms. The lowest BCUT2D eigenvalue weighted by molar-refractivity contribution is 0.158. The summed E-state index contributed by atoms with van der Waals surface area (Å²) >= 11 is 0. The van der Waals surface area contributed by atoms with Crippen LogP contribution in [0.25, 0.3) is 0 Å². The number of rotatable bonds is 10. The van der Waals surface area contributed by atoms with E-state index in [0.717, 1.165) is 36.3 Å².